The number of rotatable bonds is 8. The first kappa shape index (κ1) is 32.4. The number of amides is 4. The van der Waals surface area contributed by atoms with Crippen molar-refractivity contribution in [1.29, 1.82) is 0 Å². The van der Waals surface area contributed by atoms with Crippen LogP contribution in [-0.4, -0.2) is 65.5 Å². The maximum absolute atomic E-state index is 15.4. The largest absolute Gasteiger partial charge is 0.508 e. The third kappa shape index (κ3) is 4.74. The number of phenolic OH excluding ortho intramolecular Hbond substituents is 1. The van der Waals surface area contributed by atoms with Crippen LogP contribution in [0.5, 0.6) is 17.2 Å². The van der Waals surface area contributed by atoms with E-state index >= 15 is 4.79 Å². The molecule has 4 aliphatic rings. The second kappa shape index (κ2) is 12.1. The molecule has 2 aliphatic carbocycles. The Morgan fingerprint density at radius 3 is 2.24 bits per heavy atom. The predicted octanol–water partition coefficient (Wildman–Crippen LogP) is 4.70. The molecule has 49 heavy (non-hydrogen) atoms. The molecule has 0 bridgehead atoms. The van der Waals surface area contributed by atoms with E-state index in [1.807, 2.05) is 12.1 Å². The van der Waals surface area contributed by atoms with Gasteiger partial charge in [0.15, 0.2) is 0 Å². The number of hydrogen-bond acceptors (Lipinski definition) is 8. The van der Waals surface area contributed by atoms with Gasteiger partial charge in [0.1, 0.15) is 17.2 Å². The summed E-state index contributed by atoms with van der Waals surface area (Å²) in [5, 5.41) is 20.3. The summed E-state index contributed by atoms with van der Waals surface area (Å²) >= 11 is 6.36. The van der Waals surface area contributed by atoms with Crippen LogP contribution in [-0.2, 0) is 29.4 Å². The van der Waals surface area contributed by atoms with Crippen LogP contribution in [0.4, 0.5) is 5.69 Å². The van der Waals surface area contributed by atoms with E-state index in [0.717, 1.165) is 9.80 Å². The quantitative estimate of drug-likeness (QED) is 0.254. The number of carbonyl (C=O) groups is 5. The van der Waals surface area contributed by atoms with Crippen LogP contribution in [0.1, 0.15) is 36.3 Å². The molecule has 12 heteroatoms. The highest BCUT2D eigenvalue weighted by Crippen LogP contribution is 2.66. The van der Waals surface area contributed by atoms with E-state index in [2.05, 4.69) is 0 Å². The maximum Gasteiger partial charge on any atom is 0.305 e. The third-order valence-corrected chi connectivity index (χ3v) is 10.9. The molecule has 3 fully saturated rings. The number of halogens is 1. The van der Waals surface area contributed by atoms with Gasteiger partial charge in [-0.1, -0.05) is 59.6 Å². The minimum Gasteiger partial charge on any atom is -0.508 e. The Morgan fingerprint density at radius 1 is 0.918 bits per heavy atom. The summed E-state index contributed by atoms with van der Waals surface area (Å²) in [6.45, 7) is -0.261. The average molecular weight is 685 g/mol. The van der Waals surface area contributed by atoms with Crippen molar-refractivity contribution in [2.24, 2.45) is 23.7 Å². The Labute approximate surface area is 286 Å². The number of methoxy groups -OCH3 is 2. The Bertz CT molecular complexity index is 1920. The summed E-state index contributed by atoms with van der Waals surface area (Å²) < 4.78 is 11.7. The molecule has 0 spiro atoms. The molecule has 3 aromatic rings. The minimum atomic E-state index is -1.58. The molecule has 0 radical (unpaired) electrons. The van der Waals surface area contributed by atoms with Gasteiger partial charge >= 0.3 is 5.97 Å². The summed E-state index contributed by atoms with van der Waals surface area (Å²) in [7, 11) is 2.85. The zero-order chi connectivity index (χ0) is 34.8. The summed E-state index contributed by atoms with van der Waals surface area (Å²) in [5.74, 6) is -7.08. The summed E-state index contributed by atoms with van der Waals surface area (Å²) in [6.07, 6.45) is 1.72. The van der Waals surface area contributed by atoms with E-state index in [-0.39, 0.29) is 42.3 Å². The van der Waals surface area contributed by atoms with E-state index in [1.54, 1.807) is 48.5 Å². The van der Waals surface area contributed by atoms with Gasteiger partial charge in [-0.2, -0.15) is 0 Å². The number of hydrogen-bond donors (Lipinski definition) is 2. The number of aliphatic carboxylic acids is 1. The summed E-state index contributed by atoms with van der Waals surface area (Å²) in [4.78, 5) is 71.5. The normalized spacial score (nSPS) is 27.4. The van der Waals surface area contributed by atoms with E-state index in [1.165, 1.54) is 26.4 Å². The fourth-order valence-corrected chi connectivity index (χ4v) is 8.94. The van der Waals surface area contributed by atoms with Gasteiger partial charge in [0.2, 0.25) is 23.6 Å². The molecule has 2 heterocycles. The number of allylic oxidation sites excluding steroid dienone is 2. The number of carbonyl (C=O) groups excluding carboxylic acids is 4. The number of phenols is 1. The highest BCUT2D eigenvalue weighted by molar-refractivity contribution is 6.32. The van der Waals surface area contributed by atoms with E-state index in [9.17, 15) is 29.4 Å². The van der Waals surface area contributed by atoms with Crippen LogP contribution >= 0.6 is 11.6 Å². The molecule has 2 saturated heterocycles. The van der Waals surface area contributed by atoms with Crippen molar-refractivity contribution in [3.8, 4) is 17.2 Å². The van der Waals surface area contributed by atoms with Crippen LogP contribution < -0.4 is 14.4 Å². The van der Waals surface area contributed by atoms with Crippen LogP contribution in [0.15, 0.2) is 78.4 Å². The SMILES string of the molecule is COc1cc(O)cc(OC)c1[C@H]1C2=CC[C@@H]3C(=O)N(CCC(=O)O)C(=O)[C@@H]3[C@@H]2C[C@H]2C(=O)N(c3cccc(Cl)c3)C(=O)[C@@]12c1ccccc1. The monoisotopic (exact) mass is 684 g/mol. The Balaban J connectivity index is 1.51. The molecular weight excluding hydrogens is 652 g/mol. The van der Waals surface area contributed by atoms with Gasteiger partial charge in [-0.3, -0.25) is 28.9 Å². The first-order chi connectivity index (χ1) is 23.5. The zero-order valence-corrected chi connectivity index (χ0v) is 27.4. The number of nitrogens with zero attached hydrogens (tertiary/aromatic N) is 2. The van der Waals surface area contributed by atoms with Gasteiger partial charge in [-0.25, -0.2) is 4.90 Å². The van der Waals surface area contributed by atoms with Crippen LogP contribution in [0, 0.1) is 23.7 Å². The van der Waals surface area contributed by atoms with Crippen molar-refractivity contribution >= 4 is 46.9 Å². The number of benzene rings is 3. The second-order valence-corrected chi connectivity index (χ2v) is 13.3. The lowest BCUT2D eigenvalue weighted by molar-refractivity contribution is -0.142. The molecular formula is C37H33ClN2O9. The Hall–Kier alpha value is -5.16. The highest BCUT2D eigenvalue weighted by atomic mass is 35.5. The zero-order valence-electron chi connectivity index (χ0n) is 26.7. The van der Waals surface area contributed by atoms with Gasteiger partial charge < -0.3 is 19.7 Å². The first-order valence-corrected chi connectivity index (χ1v) is 16.3. The van der Waals surface area contributed by atoms with Gasteiger partial charge in [-0.15, -0.1) is 0 Å². The van der Waals surface area contributed by atoms with Gasteiger partial charge in [0.05, 0.1) is 49.5 Å². The van der Waals surface area contributed by atoms with Crippen LogP contribution in [0.25, 0.3) is 0 Å². The van der Waals surface area contributed by atoms with Crippen molar-refractivity contribution in [2.75, 3.05) is 25.7 Å². The number of ether oxygens (including phenoxy) is 2. The van der Waals surface area contributed by atoms with Gasteiger partial charge in [-0.05, 0) is 42.5 Å². The van der Waals surface area contributed by atoms with Crippen molar-refractivity contribution in [2.45, 2.75) is 30.6 Å². The smallest absolute Gasteiger partial charge is 0.305 e. The van der Waals surface area contributed by atoms with E-state index in [4.69, 9.17) is 21.1 Å². The standard InChI is InChI=1S/C37H33ClN2O9/c1-48-27-16-22(41)17-28(49-2)31(27)32-23-11-12-24-30(35(46)39(33(24)44)14-13-29(42)43)25(23)18-26-34(45)40(21-10-6-9-20(38)15-21)36(47)37(26,32)19-7-4-3-5-8-19/h3-11,15-17,24-26,30,32,41H,12-14,18H2,1-2H3,(H,42,43)/t24-,25+,26-,30-,32+,37+/m0/s1. The molecule has 252 valence electrons. The molecule has 0 unspecified atom stereocenters. The van der Waals surface area contributed by atoms with Crippen LogP contribution in [0.3, 0.4) is 0 Å². The third-order valence-electron chi connectivity index (χ3n) is 10.6. The molecule has 3 aromatic carbocycles. The number of anilines is 1. The molecule has 11 nitrogen and oxygen atoms in total. The average Bonchev–Trinajstić information content (AvgIpc) is 3.47. The molecule has 7 rings (SSSR count). The number of imide groups is 2. The maximum atomic E-state index is 15.4. The van der Waals surface area contributed by atoms with E-state index < -0.39 is 71.0 Å². The number of carboxylic acid groups (broad SMARTS) is 1. The molecule has 0 aromatic heterocycles. The fourth-order valence-electron chi connectivity index (χ4n) is 8.76. The summed E-state index contributed by atoms with van der Waals surface area (Å²) in [5.41, 5.74) is 0.335. The molecule has 2 aliphatic heterocycles. The van der Waals surface area contributed by atoms with Crippen molar-refractivity contribution in [1.82, 2.24) is 4.90 Å². The second-order valence-electron chi connectivity index (χ2n) is 12.8. The molecule has 6 atom stereocenters. The Morgan fingerprint density at radius 2 is 1.61 bits per heavy atom. The molecule has 4 amide bonds. The summed E-state index contributed by atoms with van der Waals surface area (Å²) in [6, 6.07) is 18.3. The topological polar surface area (TPSA) is 151 Å². The van der Waals surface area contributed by atoms with Gasteiger partial charge in [0.25, 0.3) is 0 Å². The van der Waals surface area contributed by atoms with Gasteiger partial charge in [0, 0.05) is 35.2 Å². The lowest BCUT2D eigenvalue weighted by Crippen LogP contribution is -2.53. The molecule has 2 N–H and O–H groups in total. The van der Waals surface area contributed by atoms with Crippen molar-refractivity contribution in [3.05, 3.63) is 94.5 Å². The number of likely N-dealkylation sites (tertiary alicyclic amines) is 1. The minimum absolute atomic E-state index is 0.0640. The van der Waals surface area contributed by atoms with E-state index in [0.29, 0.717) is 21.7 Å². The number of aromatic hydroxyl groups is 1. The number of carboxylic acids is 1. The highest BCUT2D eigenvalue weighted by Gasteiger charge is 2.71. The lowest BCUT2D eigenvalue weighted by atomic mass is 9.49. The van der Waals surface area contributed by atoms with Crippen LogP contribution in [0.2, 0.25) is 5.02 Å². The lowest BCUT2D eigenvalue weighted by Gasteiger charge is -2.51. The van der Waals surface area contributed by atoms with Crippen molar-refractivity contribution in [3.63, 3.8) is 0 Å². The predicted molar refractivity (Wildman–Crippen MR) is 176 cm³/mol. The Kier molecular flexibility index (Phi) is 7.98. The number of fused-ring (bicyclic) bond motifs is 4. The molecule has 1 saturated carbocycles. The fraction of sp³-hybridized carbons (Fsp3) is 0.324. The first-order valence-electron chi connectivity index (χ1n) is 16.0. The van der Waals surface area contributed by atoms with Crippen molar-refractivity contribution < 1.29 is 43.7 Å².